The number of nitrogens with two attached hydrogens (primary N) is 1. The molecule has 0 bridgehead atoms. The van der Waals surface area contributed by atoms with Crippen molar-refractivity contribution in [2.24, 2.45) is 0 Å². The van der Waals surface area contributed by atoms with Crippen molar-refractivity contribution in [3.63, 3.8) is 0 Å². The Hall–Kier alpha value is -1.58. The van der Waals surface area contributed by atoms with E-state index >= 15 is 0 Å². The Kier molecular flexibility index (Phi) is 2.81. The molecule has 2 aromatic heterocycles. The van der Waals surface area contributed by atoms with Gasteiger partial charge in [-0.3, -0.25) is 4.40 Å². The summed E-state index contributed by atoms with van der Waals surface area (Å²) in [6, 6.07) is 3.05. The maximum atomic E-state index is 13.1. The first-order valence-corrected chi connectivity index (χ1v) is 5.60. The van der Waals surface area contributed by atoms with E-state index in [4.69, 9.17) is 5.73 Å². The van der Waals surface area contributed by atoms with Crippen molar-refractivity contribution >= 4 is 11.5 Å². The first-order valence-electron chi connectivity index (χ1n) is 5.60. The van der Waals surface area contributed by atoms with E-state index in [1.54, 1.807) is 10.5 Å². The topological polar surface area (TPSA) is 43.3 Å². The lowest BCUT2D eigenvalue weighted by molar-refractivity contribution is 0.619. The van der Waals surface area contributed by atoms with E-state index in [1.807, 2.05) is 0 Å². The van der Waals surface area contributed by atoms with Crippen LogP contribution in [0.25, 0.3) is 5.65 Å². The number of imidazole rings is 1. The van der Waals surface area contributed by atoms with Gasteiger partial charge in [0.1, 0.15) is 17.3 Å². The van der Waals surface area contributed by atoms with E-state index in [2.05, 4.69) is 18.8 Å². The summed E-state index contributed by atoms with van der Waals surface area (Å²) in [6.45, 7) is 4.22. The maximum Gasteiger partial charge on any atom is 0.140 e. The molecule has 0 saturated heterocycles. The van der Waals surface area contributed by atoms with Gasteiger partial charge in [-0.15, -0.1) is 0 Å². The number of nitrogen functional groups attached to an aromatic ring is 1. The fourth-order valence-electron chi connectivity index (χ4n) is 2.03. The van der Waals surface area contributed by atoms with E-state index in [0.29, 0.717) is 17.4 Å². The Labute approximate surface area is 94.1 Å². The number of hydrogen-bond donors (Lipinski definition) is 1. The summed E-state index contributed by atoms with van der Waals surface area (Å²) >= 11 is 0. The van der Waals surface area contributed by atoms with Crippen LogP contribution in [0.3, 0.4) is 0 Å². The second-order valence-corrected chi connectivity index (χ2v) is 3.97. The molecule has 2 N–H and O–H groups in total. The fraction of sp³-hybridized carbons (Fsp3) is 0.417. The molecule has 86 valence electrons. The van der Waals surface area contributed by atoms with Crippen LogP contribution in [-0.2, 0) is 0 Å². The molecule has 0 aliphatic heterocycles. The average Bonchev–Trinajstić information content (AvgIpc) is 2.59. The standard InChI is InChI=1S/C12H16FN3/c1-3-8(4-2)11-12(14)16-7-9(13)5-6-10(16)15-11/h5-8H,3-4,14H2,1-2H3. The van der Waals surface area contributed by atoms with Gasteiger partial charge in [-0.05, 0) is 25.0 Å². The Morgan fingerprint density at radius 3 is 2.69 bits per heavy atom. The molecule has 0 unspecified atom stereocenters. The van der Waals surface area contributed by atoms with Crippen molar-refractivity contribution in [3.05, 3.63) is 29.8 Å². The van der Waals surface area contributed by atoms with Gasteiger partial charge in [0.05, 0.1) is 5.69 Å². The maximum absolute atomic E-state index is 13.1. The number of aromatic nitrogens is 2. The lowest BCUT2D eigenvalue weighted by Gasteiger charge is -2.09. The third kappa shape index (κ3) is 1.64. The third-order valence-corrected chi connectivity index (χ3v) is 3.02. The molecule has 0 aromatic carbocycles. The number of fused-ring (bicyclic) bond motifs is 1. The first-order chi connectivity index (χ1) is 7.67. The minimum Gasteiger partial charge on any atom is -0.383 e. The highest BCUT2D eigenvalue weighted by Gasteiger charge is 2.16. The number of anilines is 1. The van der Waals surface area contributed by atoms with Crippen LogP contribution in [0.4, 0.5) is 10.2 Å². The fourth-order valence-corrected chi connectivity index (χ4v) is 2.03. The number of nitrogens with zero attached hydrogens (tertiary/aromatic N) is 2. The van der Waals surface area contributed by atoms with Gasteiger partial charge >= 0.3 is 0 Å². The van der Waals surface area contributed by atoms with Gasteiger partial charge in [-0.2, -0.15) is 0 Å². The molecule has 2 aromatic rings. The van der Waals surface area contributed by atoms with Crippen molar-refractivity contribution in [1.82, 2.24) is 9.38 Å². The SMILES string of the molecule is CCC(CC)c1nc2ccc(F)cn2c1N. The van der Waals surface area contributed by atoms with Crippen LogP contribution < -0.4 is 5.73 Å². The lowest BCUT2D eigenvalue weighted by Crippen LogP contribution is -2.01. The Bertz CT molecular complexity index is 500. The number of pyridine rings is 1. The van der Waals surface area contributed by atoms with Crippen LogP contribution in [0.5, 0.6) is 0 Å². The molecule has 3 nitrogen and oxygen atoms in total. The van der Waals surface area contributed by atoms with Crippen molar-refractivity contribution in [3.8, 4) is 0 Å². The predicted molar refractivity (Wildman–Crippen MR) is 62.9 cm³/mol. The van der Waals surface area contributed by atoms with Gasteiger partial charge in [-0.25, -0.2) is 9.37 Å². The van der Waals surface area contributed by atoms with Crippen LogP contribution >= 0.6 is 0 Å². The van der Waals surface area contributed by atoms with Crippen molar-refractivity contribution in [2.45, 2.75) is 32.6 Å². The Morgan fingerprint density at radius 1 is 1.38 bits per heavy atom. The van der Waals surface area contributed by atoms with Crippen molar-refractivity contribution in [2.75, 3.05) is 5.73 Å². The molecule has 0 saturated carbocycles. The number of rotatable bonds is 3. The molecule has 4 heteroatoms. The van der Waals surface area contributed by atoms with Gasteiger partial charge in [0, 0.05) is 12.1 Å². The van der Waals surface area contributed by atoms with E-state index in [1.165, 1.54) is 12.3 Å². The molecule has 2 rings (SSSR count). The van der Waals surface area contributed by atoms with Gasteiger partial charge < -0.3 is 5.73 Å². The summed E-state index contributed by atoms with van der Waals surface area (Å²) in [7, 11) is 0. The second-order valence-electron chi connectivity index (χ2n) is 3.97. The van der Waals surface area contributed by atoms with Crippen molar-refractivity contribution < 1.29 is 4.39 Å². The summed E-state index contributed by atoms with van der Waals surface area (Å²) in [5, 5.41) is 0. The summed E-state index contributed by atoms with van der Waals surface area (Å²) in [5.74, 6) is 0.610. The molecule has 0 radical (unpaired) electrons. The normalized spacial score (nSPS) is 11.5. The molecule has 0 fully saturated rings. The third-order valence-electron chi connectivity index (χ3n) is 3.02. The van der Waals surface area contributed by atoms with E-state index in [9.17, 15) is 4.39 Å². The number of hydrogen-bond acceptors (Lipinski definition) is 2. The zero-order valence-corrected chi connectivity index (χ0v) is 9.57. The van der Waals surface area contributed by atoms with E-state index in [-0.39, 0.29) is 5.82 Å². The highest BCUT2D eigenvalue weighted by atomic mass is 19.1. The van der Waals surface area contributed by atoms with Crippen LogP contribution in [0.15, 0.2) is 18.3 Å². The predicted octanol–water partition coefficient (Wildman–Crippen LogP) is 2.96. The summed E-state index contributed by atoms with van der Waals surface area (Å²) in [4.78, 5) is 4.47. The minimum atomic E-state index is -0.298. The molecule has 2 heterocycles. The highest BCUT2D eigenvalue weighted by molar-refractivity contribution is 5.53. The molecular formula is C12H16FN3. The van der Waals surface area contributed by atoms with Crippen molar-refractivity contribution in [1.29, 1.82) is 0 Å². The van der Waals surface area contributed by atoms with Crippen LogP contribution in [0.1, 0.15) is 38.3 Å². The number of halogens is 1. The molecule has 0 atom stereocenters. The van der Waals surface area contributed by atoms with Crippen LogP contribution in [0, 0.1) is 5.82 Å². The van der Waals surface area contributed by atoms with E-state index < -0.39 is 0 Å². The molecule has 0 aliphatic rings. The Morgan fingerprint density at radius 2 is 2.06 bits per heavy atom. The minimum absolute atomic E-state index is 0.298. The van der Waals surface area contributed by atoms with Crippen LogP contribution in [-0.4, -0.2) is 9.38 Å². The first kappa shape index (κ1) is 10.9. The second kappa shape index (κ2) is 4.12. The molecule has 0 spiro atoms. The average molecular weight is 221 g/mol. The molecule has 16 heavy (non-hydrogen) atoms. The largest absolute Gasteiger partial charge is 0.383 e. The van der Waals surface area contributed by atoms with Gasteiger partial charge in [0.2, 0.25) is 0 Å². The Balaban J connectivity index is 2.59. The van der Waals surface area contributed by atoms with Gasteiger partial charge in [0.25, 0.3) is 0 Å². The highest BCUT2D eigenvalue weighted by Crippen LogP contribution is 2.28. The molecule has 0 aliphatic carbocycles. The van der Waals surface area contributed by atoms with E-state index in [0.717, 1.165) is 18.5 Å². The smallest absolute Gasteiger partial charge is 0.140 e. The quantitative estimate of drug-likeness (QED) is 0.865. The monoisotopic (exact) mass is 221 g/mol. The summed E-state index contributed by atoms with van der Waals surface area (Å²) in [6.07, 6.45) is 3.36. The zero-order valence-electron chi connectivity index (χ0n) is 9.57. The molecule has 0 amide bonds. The van der Waals surface area contributed by atoms with Crippen LogP contribution in [0.2, 0.25) is 0 Å². The zero-order chi connectivity index (χ0) is 11.7. The lowest BCUT2D eigenvalue weighted by atomic mass is 10.00. The molecular weight excluding hydrogens is 205 g/mol. The summed E-state index contributed by atoms with van der Waals surface area (Å²) in [5.41, 5.74) is 7.59. The summed E-state index contributed by atoms with van der Waals surface area (Å²) < 4.78 is 14.7. The van der Waals surface area contributed by atoms with Gasteiger partial charge in [-0.1, -0.05) is 13.8 Å². The van der Waals surface area contributed by atoms with Gasteiger partial charge in [0.15, 0.2) is 0 Å².